The van der Waals surface area contributed by atoms with Crippen LogP contribution in [0.4, 0.5) is 5.69 Å². The van der Waals surface area contributed by atoms with Crippen molar-refractivity contribution in [3.05, 3.63) is 59.5 Å². The van der Waals surface area contributed by atoms with E-state index >= 15 is 0 Å². The number of fused-ring (bicyclic) bond motifs is 1. The van der Waals surface area contributed by atoms with Gasteiger partial charge >= 0.3 is 5.97 Å². The van der Waals surface area contributed by atoms with Gasteiger partial charge in [-0.1, -0.05) is 6.08 Å². The average Bonchev–Trinajstić information content (AvgIpc) is 2.91. The monoisotopic (exact) mass is 338 g/mol. The Bertz CT molecular complexity index is 845. The van der Waals surface area contributed by atoms with Gasteiger partial charge in [-0.05, 0) is 38.1 Å². The SMILES string of the molecule is CC(C)OC1=CC2C(C=C1)C(C#N)=CN2c1ccc(C(=O)O)c(O)c1. The van der Waals surface area contributed by atoms with Crippen molar-refractivity contribution in [2.75, 3.05) is 4.90 Å². The number of nitriles is 1. The summed E-state index contributed by atoms with van der Waals surface area (Å²) in [5, 5.41) is 28.4. The second-order valence-electron chi connectivity index (χ2n) is 6.22. The zero-order valence-corrected chi connectivity index (χ0v) is 13.9. The zero-order valence-electron chi connectivity index (χ0n) is 13.9. The maximum atomic E-state index is 11.1. The van der Waals surface area contributed by atoms with Crippen LogP contribution in [0.5, 0.6) is 5.75 Å². The molecule has 1 aliphatic heterocycles. The Morgan fingerprint density at radius 1 is 1.40 bits per heavy atom. The average molecular weight is 338 g/mol. The molecule has 2 atom stereocenters. The third kappa shape index (κ3) is 3.09. The number of anilines is 1. The van der Waals surface area contributed by atoms with E-state index in [-0.39, 0.29) is 29.4 Å². The van der Waals surface area contributed by atoms with Crippen LogP contribution >= 0.6 is 0 Å². The van der Waals surface area contributed by atoms with Crippen molar-refractivity contribution in [1.82, 2.24) is 0 Å². The maximum absolute atomic E-state index is 11.1. The summed E-state index contributed by atoms with van der Waals surface area (Å²) in [6, 6.07) is 6.41. The third-order valence-corrected chi connectivity index (χ3v) is 4.14. The van der Waals surface area contributed by atoms with Crippen LogP contribution in [0, 0.1) is 17.2 Å². The van der Waals surface area contributed by atoms with Crippen molar-refractivity contribution in [3.63, 3.8) is 0 Å². The molecule has 0 radical (unpaired) electrons. The molecule has 3 rings (SSSR count). The van der Waals surface area contributed by atoms with Gasteiger partial charge in [0.15, 0.2) is 0 Å². The minimum absolute atomic E-state index is 0.0320. The van der Waals surface area contributed by atoms with Gasteiger partial charge in [-0.2, -0.15) is 5.26 Å². The normalized spacial score (nSPS) is 21.4. The maximum Gasteiger partial charge on any atom is 0.339 e. The predicted octanol–water partition coefficient (Wildman–Crippen LogP) is 3.18. The van der Waals surface area contributed by atoms with E-state index in [1.807, 2.05) is 37.0 Å². The number of hydrogen-bond acceptors (Lipinski definition) is 5. The standard InChI is InChI=1S/C19H18N2O4/c1-11(2)25-14-4-6-15-12(9-20)10-21(17(15)8-14)13-3-5-16(19(23)24)18(22)7-13/h3-8,10-11,15,17,22H,1-2H3,(H,23,24). The highest BCUT2D eigenvalue weighted by Crippen LogP contribution is 2.38. The fourth-order valence-electron chi connectivity index (χ4n) is 3.07. The Kier molecular flexibility index (Phi) is 4.24. The van der Waals surface area contributed by atoms with Crippen LogP contribution in [-0.4, -0.2) is 28.3 Å². The van der Waals surface area contributed by atoms with Crippen molar-refractivity contribution in [1.29, 1.82) is 5.26 Å². The minimum atomic E-state index is -1.19. The first kappa shape index (κ1) is 16.7. The Morgan fingerprint density at radius 2 is 2.16 bits per heavy atom. The molecule has 0 saturated carbocycles. The lowest BCUT2D eigenvalue weighted by Crippen LogP contribution is -2.31. The van der Waals surface area contributed by atoms with Crippen LogP contribution in [0.15, 0.2) is 54.0 Å². The van der Waals surface area contributed by atoms with E-state index in [0.717, 1.165) is 5.76 Å². The summed E-state index contributed by atoms with van der Waals surface area (Å²) < 4.78 is 5.74. The number of hydrogen-bond donors (Lipinski definition) is 2. The summed E-state index contributed by atoms with van der Waals surface area (Å²) >= 11 is 0. The van der Waals surface area contributed by atoms with Gasteiger partial charge in [0.2, 0.25) is 0 Å². The van der Waals surface area contributed by atoms with Gasteiger partial charge in [-0.15, -0.1) is 0 Å². The molecule has 1 aromatic carbocycles. The highest BCUT2D eigenvalue weighted by molar-refractivity contribution is 5.91. The number of ether oxygens (including phenoxy) is 1. The van der Waals surface area contributed by atoms with Gasteiger partial charge in [0.1, 0.15) is 17.1 Å². The molecule has 6 heteroatoms. The second-order valence-corrected chi connectivity index (χ2v) is 6.22. The molecule has 25 heavy (non-hydrogen) atoms. The van der Waals surface area contributed by atoms with E-state index < -0.39 is 5.97 Å². The van der Waals surface area contributed by atoms with Crippen molar-refractivity contribution in [3.8, 4) is 11.8 Å². The number of allylic oxidation sites excluding steroid dienone is 1. The van der Waals surface area contributed by atoms with E-state index in [2.05, 4.69) is 6.07 Å². The summed E-state index contributed by atoms with van der Waals surface area (Å²) in [6.45, 7) is 3.88. The topological polar surface area (TPSA) is 93.8 Å². The summed E-state index contributed by atoms with van der Waals surface area (Å²) in [5.41, 5.74) is 1.05. The van der Waals surface area contributed by atoms with Gasteiger partial charge in [0.25, 0.3) is 0 Å². The number of phenols is 1. The molecular weight excluding hydrogens is 320 g/mol. The molecule has 0 aromatic heterocycles. The van der Waals surface area contributed by atoms with Crippen molar-refractivity contribution in [2.24, 2.45) is 5.92 Å². The lowest BCUT2D eigenvalue weighted by Gasteiger charge is -2.29. The molecule has 0 fully saturated rings. The first-order valence-corrected chi connectivity index (χ1v) is 7.94. The fourth-order valence-corrected chi connectivity index (χ4v) is 3.07. The molecular formula is C19H18N2O4. The number of aromatic carboxylic acids is 1. The number of nitrogens with zero attached hydrogens (tertiary/aromatic N) is 2. The molecule has 2 unspecified atom stereocenters. The van der Waals surface area contributed by atoms with Crippen LogP contribution in [0.2, 0.25) is 0 Å². The first-order chi connectivity index (χ1) is 11.9. The Hall–Kier alpha value is -3.20. The van der Waals surface area contributed by atoms with Gasteiger partial charge < -0.3 is 19.8 Å². The van der Waals surface area contributed by atoms with E-state index in [1.165, 1.54) is 12.1 Å². The molecule has 6 nitrogen and oxygen atoms in total. The second kappa shape index (κ2) is 6.36. The van der Waals surface area contributed by atoms with Crippen molar-refractivity contribution < 1.29 is 19.7 Å². The molecule has 1 aromatic rings. The molecule has 0 bridgehead atoms. The molecule has 128 valence electrons. The Morgan fingerprint density at radius 3 is 2.76 bits per heavy atom. The number of rotatable bonds is 4. The zero-order chi connectivity index (χ0) is 18.1. The quantitative estimate of drug-likeness (QED) is 0.876. The number of carboxylic acids is 1. The van der Waals surface area contributed by atoms with Gasteiger partial charge in [0.05, 0.1) is 23.8 Å². The van der Waals surface area contributed by atoms with Crippen LogP contribution in [0.1, 0.15) is 24.2 Å². The summed E-state index contributed by atoms with van der Waals surface area (Å²) in [6.07, 6.45) is 7.49. The molecule has 1 aliphatic carbocycles. The Balaban J connectivity index is 1.98. The molecule has 1 heterocycles. The summed E-state index contributed by atoms with van der Waals surface area (Å²) in [7, 11) is 0. The number of aromatic hydroxyl groups is 1. The molecule has 0 spiro atoms. The smallest absolute Gasteiger partial charge is 0.339 e. The summed E-state index contributed by atoms with van der Waals surface area (Å²) in [5.74, 6) is -0.884. The van der Waals surface area contributed by atoms with E-state index in [4.69, 9.17) is 9.84 Å². The van der Waals surface area contributed by atoms with E-state index in [9.17, 15) is 15.2 Å². The largest absolute Gasteiger partial charge is 0.507 e. The highest BCUT2D eigenvalue weighted by Gasteiger charge is 2.36. The van der Waals surface area contributed by atoms with E-state index in [1.54, 1.807) is 12.3 Å². The van der Waals surface area contributed by atoms with Crippen molar-refractivity contribution in [2.45, 2.75) is 26.0 Å². The number of benzene rings is 1. The minimum Gasteiger partial charge on any atom is -0.507 e. The van der Waals surface area contributed by atoms with E-state index in [0.29, 0.717) is 11.3 Å². The molecule has 2 N–H and O–H groups in total. The number of carboxylic acid groups (broad SMARTS) is 1. The van der Waals surface area contributed by atoms with Crippen LogP contribution in [-0.2, 0) is 4.74 Å². The molecule has 2 aliphatic rings. The van der Waals surface area contributed by atoms with Gasteiger partial charge in [0, 0.05) is 23.9 Å². The van der Waals surface area contributed by atoms with Crippen LogP contribution < -0.4 is 4.90 Å². The van der Waals surface area contributed by atoms with Gasteiger partial charge in [-0.3, -0.25) is 0 Å². The van der Waals surface area contributed by atoms with Crippen LogP contribution in [0.25, 0.3) is 0 Å². The lowest BCUT2D eigenvalue weighted by atomic mass is 9.91. The fraction of sp³-hybridized carbons (Fsp3) is 0.263. The van der Waals surface area contributed by atoms with Crippen LogP contribution in [0.3, 0.4) is 0 Å². The van der Waals surface area contributed by atoms with Crippen molar-refractivity contribution >= 4 is 11.7 Å². The first-order valence-electron chi connectivity index (χ1n) is 7.94. The van der Waals surface area contributed by atoms with Gasteiger partial charge in [-0.25, -0.2) is 4.79 Å². The third-order valence-electron chi connectivity index (χ3n) is 4.14. The molecule has 0 saturated heterocycles. The highest BCUT2D eigenvalue weighted by atomic mass is 16.5. The molecule has 0 amide bonds. The lowest BCUT2D eigenvalue weighted by molar-refractivity contribution is 0.0693. The number of carbonyl (C=O) groups is 1. The predicted molar refractivity (Wildman–Crippen MR) is 92.0 cm³/mol. The Labute approximate surface area is 145 Å². The summed E-state index contributed by atoms with van der Waals surface area (Å²) in [4.78, 5) is 12.9.